The number of benzene rings is 2. The molecule has 2 aromatic rings. The maximum absolute atomic E-state index is 12.6. The van der Waals surface area contributed by atoms with Crippen molar-refractivity contribution in [3.8, 4) is 5.75 Å². The van der Waals surface area contributed by atoms with E-state index in [0.29, 0.717) is 11.4 Å². The lowest BCUT2D eigenvalue weighted by molar-refractivity contribution is -0.192. The van der Waals surface area contributed by atoms with Gasteiger partial charge in [-0.15, -0.1) is 0 Å². The molecule has 0 aliphatic heterocycles. The number of hydrogen-bond donors (Lipinski definition) is 5. The van der Waals surface area contributed by atoms with E-state index >= 15 is 0 Å². The number of aliphatic carboxylic acids is 1. The lowest BCUT2D eigenvalue weighted by Crippen LogP contribution is -2.51. The number of hydrogen-bond acceptors (Lipinski definition) is 8. The summed E-state index contributed by atoms with van der Waals surface area (Å²) in [5.74, 6) is -4.65. The Hall–Kier alpha value is -3.85. The summed E-state index contributed by atoms with van der Waals surface area (Å²) in [5.41, 5.74) is 2.06. The van der Waals surface area contributed by atoms with Crippen molar-refractivity contribution in [3.63, 3.8) is 0 Å². The number of nitrogens with one attached hydrogen (secondary N) is 3. The molecule has 0 aromatic heterocycles. The zero-order chi connectivity index (χ0) is 26.6. The molecule has 35 heavy (non-hydrogen) atoms. The van der Waals surface area contributed by atoms with Gasteiger partial charge in [0, 0.05) is 5.69 Å². The number of sulfone groups is 1. The number of carbonyl (C=O) groups excluding carboxylic acids is 2. The smallest absolute Gasteiger partial charge is 0.490 e. The third-order valence-electron chi connectivity index (χ3n) is 4.04. The average molecular weight is 521 g/mol. The summed E-state index contributed by atoms with van der Waals surface area (Å²) in [4.78, 5) is 32.8. The molecule has 192 valence electrons. The first-order chi connectivity index (χ1) is 16.3. The highest BCUT2D eigenvalue weighted by Crippen LogP contribution is 2.17. The van der Waals surface area contributed by atoms with Gasteiger partial charge < -0.3 is 20.5 Å². The number of carboxylic acid groups (broad SMARTS) is 1. The minimum absolute atomic E-state index is 0.0410. The highest BCUT2D eigenvalue weighted by molar-refractivity contribution is 7.91. The third-order valence-corrected chi connectivity index (χ3v) is 5.80. The largest absolute Gasteiger partial charge is 0.497 e. The number of anilines is 1. The Bertz CT molecular complexity index is 1090. The van der Waals surface area contributed by atoms with Crippen LogP contribution in [0.2, 0.25) is 0 Å². The molecule has 2 aromatic carbocycles. The monoisotopic (exact) mass is 521 g/mol. The van der Waals surface area contributed by atoms with Gasteiger partial charge in [0.1, 0.15) is 11.8 Å². The second kappa shape index (κ2) is 13.1. The van der Waals surface area contributed by atoms with Crippen molar-refractivity contribution in [3.05, 3.63) is 54.6 Å². The van der Waals surface area contributed by atoms with E-state index in [0.717, 1.165) is 0 Å². The molecule has 0 aliphatic rings. The van der Waals surface area contributed by atoms with E-state index in [1.807, 2.05) is 6.07 Å². The highest BCUT2D eigenvalue weighted by Gasteiger charge is 2.38. The molecule has 1 atom stereocenters. The summed E-state index contributed by atoms with van der Waals surface area (Å²) in [7, 11) is -2.47. The van der Waals surface area contributed by atoms with Crippen molar-refractivity contribution in [2.45, 2.75) is 17.1 Å². The van der Waals surface area contributed by atoms with Crippen molar-refractivity contribution >= 4 is 33.3 Å². The molecule has 0 spiro atoms. The summed E-state index contributed by atoms with van der Waals surface area (Å²) >= 11 is 0. The topological polar surface area (TPSA) is 171 Å². The van der Waals surface area contributed by atoms with Crippen LogP contribution in [0.15, 0.2) is 59.5 Å². The number of hydroxylamine groups is 1. The van der Waals surface area contributed by atoms with Crippen molar-refractivity contribution in [2.75, 3.05) is 24.7 Å². The Labute approximate surface area is 197 Å². The van der Waals surface area contributed by atoms with Gasteiger partial charge in [-0.3, -0.25) is 14.8 Å². The summed E-state index contributed by atoms with van der Waals surface area (Å²) in [6, 6.07) is 13.0. The first-order valence-corrected chi connectivity index (χ1v) is 11.1. The van der Waals surface area contributed by atoms with Crippen LogP contribution in [0.3, 0.4) is 0 Å². The molecule has 0 radical (unpaired) electrons. The fraction of sp³-hybridized carbons (Fsp3) is 0.250. The molecule has 11 nitrogen and oxygen atoms in total. The minimum atomic E-state index is -5.08. The lowest BCUT2D eigenvalue weighted by atomic mass is 10.3. The molecule has 0 bridgehead atoms. The van der Waals surface area contributed by atoms with Gasteiger partial charge in [0.15, 0.2) is 9.84 Å². The van der Waals surface area contributed by atoms with Crippen LogP contribution in [0.4, 0.5) is 18.9 Å². The maximum atomic E-state index is 12.6. The number of para-hydroxylation sites is 1. The molecule has 0 heterocycles. The second-order valence-corrected chi connectivity index (χ2v) is 8.61. The predicted octanol–water partition coefficient (Wildman–Crippen LogP) is 1.20. The minimum Gasteiger partial charge on any atom is -0.497 e. The summed E-state index contributed by atoms with van der Waals surface area (Å²) in [6.07, 6.45) is -5.08. The van der Waals surface area contributed by atoms with Gasteiger partial charge in [0.25, 0.3) is 5.91 Å². The van der Waals surface area contributed by atoms with Crippen LogP contribution < -0.4 is 20.9 Å². The third kappa shape index (κ3) is 10.3. The van der Waals surface area contributed by atoms with E-state index in [4.69, 9.17) is 19.8 Å². The van der Waals surface area contributed by atoms with Gasteiger partial charge in [0.2, 0.25) is 5.91 Å². The SMILES string of the molecule is COc1ccc(S(=O)(=O)CC(NC(=O)CNc2ccccc2)C(=O)NO)cc1.O=C(O)C(F)(F)F. The highest BCUT2D eigenvalue weighted by atomic mass is 32.2. The molecule has 5 N–H and O–H groups in total. The van der Waals surface area contributed by atoms with Crippen LogP contribution in [0.25, 0.3) is 0 Å². The molecule has 0 saturated carbocycles. The molecule has 1 unspecified atom stereocenters. The summed E-state index contributed by atoms with van der Waals surface area (Å²) in [6.45, 7) is -0.179. The molecule has 0 fully saturated rings. The predicted molar refractivity (Wildman–Crippen MR) is 116 cm³/mol. The van der Waals surface area contributed by atoms with Gasteiger partial charge in [-0.2, -0.15) is 13.2 Å². The van der Waals surface area contributed by atoms with E-state index in [9.17, 15) is 31.2 Å². The molecule has 0 aliphatic carbocycles. The number of ether oxygens (including phenoxy) is 1. The van der Waals surface area contributed by atoms with E-state index in [2.05, 4.69) is 10.6 Å². The number of amides is 2. The zero-order valence-electron chi connectivity index (χ0n) is 18.1. The van der Waals surface area contributed by atoms with Crippen molar-refractivity contribution in [1.29, 1.82) is 0 Å². The first kappa shape index (κ1) is 29.2. The fourth-order valence-corrected chi connectivity index (χ4v) is 3.76. The number of alkyl halides is 3. The molecule has 15 heteroatoms. The fourth-order valence-electron chi connectivity index (χ4n) is 2.34. The molecule has 0 saturated heterocycles. The molecule has 2 rings (SSSR count). The van der Waals surface area contributed by atoms with Crippen LogP contribution in [0.5, 0.6) is 5.75 Å². The molecular weight excluding hydrogens is 499 g/mol. The van der Waals surface area contributed by atoms with Gasteiger partial charge >= 0.3 is 12.1 Å². The van der Waals surface area contributed by atoms with Crippen molar-refractivity contribution in [2.24, 2.45) is 0 Å². The van der Waals surface area contributed by atoms with E-state index in [1.165, 1.54) is 36.9 Å². The Morgan fingerprint density at radius 1 is 1.03 bits per heavy atom. The van der Waals surface area contributed by atoms with E-state index < -0.39 is 45.6 Å². The molecule has 2 amide bonds. The standard InChI is InChI=1S/C18H21N3O6S.C2HF3O2/c1-27-14-7-9-15(10-8-14)28(25,26)12-16(18(23)21-24)20-17(22)11-19-13-5-3-2-4-6-13;3-2(4,5)1(6)7/h2-10,16,19,24H,11-12H2,1H3,(H,20,22)(H,21,23);(H,6,7). The Morgan fingerprint density at radius 2 is 1.57 bits per heavy atom. The maximum Gasteiger partial charge on any atom is 0.490 e. The van der Waals surface area contributed by atoms with Crippen LogP contribution in [-0.4, -0.2) is 68.1 Å². The van der Waals surface area contributed by atoms with Crippen LogP contribution in [0.1, 0.15) is 0 Å². The Morgan fingerprint density at radius 3 is 2.03 bits per heavy atom. The van der Waals surface area contributed by atoms with E-state index in [-0.39, 0.29) is 11.4 Å². The zero-order valence-corrected chi connectivity index (χ0v) is 18.9. The van der Waals surface area contributed by atoms with Crippen LogP contribution in [-0.2, 0) is 24.2 Å². The number of carbonyl (C=O) groups is 3. The van der Waals surface area contributed by atoms with Crippen LogP contribution >= 0.6 is 0 Å². The summed E-state index contributed by atoms with van der Waals surface area (Å²) < 4.78 is 61.8. The number of carboxylic acids is 1. The quantitative estimate of drug-likeness (QED) is 0.240. The van der Waals surface area contributed by atoms with Crippen molar-refractivity contribution < 1.29 is 51.0 Å². The van der Waals surface area contributed by atoms with Gasteiger partial charge in [-0.05, 0) is 36.4 Å². The average Bonchev–Trinajstić information content (AvgIpc) is 2.82. The van der Waals surface area contributed by atoms with Gasteiger partial charge in [-0.25, -0.2) is 18.7 Å². The summed E-state index contributed by atoms with van der Waals surface area (Å²) in [5, 5.41) is 21.2. The van der Waals surface area contributed by atoms with Crippen LogP contribution in [0, 0.1) is 0 Å². The first-order valence-electron chi connectivity index (χ1n) is 9.49. The molecular formula is C20H22F3N3O8S. The van der Waals surface area contributed by atoms with Gasteiger partial charge in [-0.1, -0.05) is 18.2 Å². The van der Waals surface area contributed by atoms with E-state index in [1.54, 1.807) is 24.3 Å². The second-order valence-electron chi connectivity index (χ2n) is 6.58. The number of rotatable bonds is 9. The van der Waals surface area contributed by atoms with Gasteiger partial charge in [0.05, 0.1) is 24.3 Å². The lowest BCUT2D eigenvalue weighted by Gasteiger charge is -2.17. The Balaban J connectivity index is 0.000000762. The van der Waals surface area contributed by atoms with Crippen molar-refractivity contribution in [1.82, 2.24) is 10.8 Å². The normalized spacial score (nSPS) is 11.8. The number of halogens is 3. The number of methoxy groups -OCH3 is 1. The Kier molecular flexibility index (Phi) is 11.0.